The summed E-state index contributed by atoms with van der Waals surface area (Å²) in [4.78, 5) is 27.8. The van der Waals surface area contributed by atoms with Gasteiger partial charge < -0.3 is 29.1 Å². The highest BCUT2D eigenvalue weighted by atomic mass is 32.2. The van der Waals surface area contributed by atoms with Crippen LogP contribution in [0.1, 0.15) is 16.9 Å². The van der Waals surface area contributed by atoms with E-state index in [0.717, 1.165) is 11.8 Å². The van der Waals surface area contributed by atoms with Gasteiger partial charge in [0.05, 0.1) is 43.0 Å². The van der Waals surface area contributed by atoms with E-state index in [0.29, 0.717) is 33.2 Å². The summed E-state index contributed by atoms with van der Waals surface area (Å²) >= 11 is 1.09. The molecule has 14 nitrogen and oxygen atoms in total. The Kier molecular flexibility index (Phi) is 10.5. The highest BCUT2D eigenvalue weighted by Gasteiger charge is 2.34. The summed E-state index contributed by atoms with van der Waals surface area (Å²) in [7, 11) is -1.04. The Bertz CT molecular complexity index is 1980. The number of para-hydroxylation sites is 1. The maximum atomic E-state index is 13.6. The molecule has 4 N–H and O–H groups in total. The average Bonchev–Trinajstić information content (AvgIpc) is 3.69. The molecule has 2 heterocycles. The zero-order valence-corrected chi connectivity index (χ0v) is 27.2. The summed E-state index contributed by atoms with van der Waals surface area (Å²) in [5.41, 5.74) is 1.42. The molecular formula is C32H29N5O9S2. The molecule has 0 saturated carbocycles. The highest BCUT2D eigenvalue weighted by Crippen LogP contribution is 2.37. The van der Waals surface area contributed by atoms with Crippen LogP contribution < -0.4 is 24.7 Å². The van der Waals surface area contributed by atoms with Crippen molar-refractivity contribution in [2.75, 3.05) is 26.1 Å². The maximum Gasteiger partial charge on any atom is 0.267 e. The molecule has 1 aliphatic rings. The second kappa shape index (κ2) is 14.9. The van der Waals surface area contributed by atoms with Crippen molar-refractivity contribution in [1.82, 2.24) is 4.90 Å². The molecule has 3 aromatic carbocycles. The number of amides is 2. The maximum absolute atomic E-state index is 13.6. The van der Waals surface area contributed by atoms with Gasteiger partial charge in [0.15, 0.2) is 23.3 Å². The molecule has 0 aliphatic carbocycles. The molecule has 1 aliphatic heterocycles. The van der Waals surface area contributed by atoms with Crippen molar-refractivity contribution in [1.29, 1.82) is 0 Å². The lowest BCUT2D eigenvalue weighted by Crippen LogP contribution is -2.28. The molecule has 0 bridgehead atoms. The minimum atomic E-state index is -3.86. The molecule has 48 heavy (non-hydrogen) atoms. The lowest BCUT2D eigenvalue weighted by atomic mass is 10.2. The van der Waals surface area contributed by atoms with Crippen LogP contribution in [0.4, 0.5) is 5.69 Å². The molecule has 1 fully saturated rings. The van der Waals surface area contributed by atoms with Crippen molar-refractivity contribution >= 4 is 56.7 Å². The van der Waals surface area contributed by atoms with Gasteiger partial charge in [0.25, 0.3) is 11.8 Å². The van der Waals surface area contributed by atoms with Gasteiger partial charge in [-0.2, -0.15) is 5.10 Å². The second-order valence-corrected chi connectivity index (χ2v) is 12.5. The first kappa shape index (κ1) is 33.8. The molecule has 1 aromatic heterocycles. The van der Waals surface area contributed by atoms with E-state index in [1.807, 2.05) is 0 Å². The fraction of sp³-hybridized carbons (Fsp3) is 0.125. The van der Waals surface area contributed by atoms with E-state index < -0.39 is 15.9 Å². The van der Waals surface area contributed by atoms with E-state index in [1.165, 1.54) is 55.9 Å². The zero-order chi connectivity index (χ0) is 34.3. The first-order valence-corrected chi connectivity index (χ1v) is 16.4. The molecule has 248 valence electrons. The molecule has 16 heteroatoms. The Morgan fingerprint density at radius 2 is 1.75 bits per heavy atom. The Hall–Kier alpha value is -5.58. The number of sulfonamides is 1. The van der Waals surface area contributed by atoms with Gasteiger partial charge in [-0.15, -0.1) is 5.10 Å². The predicted molar refractivity (Wildman–Crippen MR) is 179 cm³/mol. The summed E-state index contributed by atoms with van der Waals surface area (Å²) in [6.45, 7) is -0.265. The quantitative estimate of drug-likeness (QED) is 0.110. The number of benzene rings is 3. The van der Waals surface area contributed by atoms with Crippen LogP contribution in [0.2, 0.25) is 0 Å². The van der Waals surface area contributed by atoms with Crippen molar-refractivity contribution in [2.45, 2.75) is 11.4 Å². The number of phenolic OH excluding ortho intramolecular Hbond substituents is 1. The molecule has 1 saturated heterocycles. The summed E-state index contributed by atoms with van der Waals surface area (Å²) in [6.07, 6.45) is 4.56. The van der Waals surface area contributed by atoms with Gasteiger partial charge >= 0.3 is 0 Å². The first-order chi connectivity index (χ1) is 23.0. The molecule has 0 atom stereocenters. The fourth-order valence-electron chi connectivity index (χ4n) is 4.35. The van der Waals surface area contributed by atoms with Crippen LogP contribution in [0.3, 0.4) is 0 Å². The van der Waals surface area contributed by atoms with Gasteiger partial charge in [0, 0.05) is 16.8 Å². The number of furan rings is 1. The topological polar surface area (TPSA) is 195 Å². The Balaban J connectivity index is 1.34. The van der Waals surface area contributed by atoms with Gasteiger partial charge in [-0.3, -0.25) is 14.5 Å². The lowest BCUT2D eigenvalue weighted by Gasteiger charge is -2.13. The van der Waals surface area contributed by atoms with E-state index >= 15 is 0 Å². The number of hydrogen-bond donors (Lipinski definition) is 3. The number of carbonyl (C=O) groups excluding carboxylic acids is 2. The normalized spacial score (nSPS) is 15.0. The van der Waals surface area contributed by atoms with Crippen LogP contribution in [0.25, 0.3) is 6.08 Å². The molecule has 0 unspecified atom stereocenters. The summed E-state index contributed by atoms with van der Waals surface area (Å²) in [6, 6.07) is 18.8. The van der Waals surface area contributed by atoms with Crippen molar-refractivity contribution in [3.63, 3.8) is 0 Å². The number of hydrogen-bond acceptors (Lipinski definition) is 12. The zero-order valence-electron chi connectivity index (χ0n) is 25.5. The Morgan fingerprint density at radius 3 is 2.40 bits per heavy atom. The molecule has 2 amide bonds. The number of carbonyl (C=O) groups is 2. The van der Waals surface area contributed by atoms with Crippen LogP contribution in [-0.2, 0) is 26.2 Å². The molecular weight excluding hydrogens is 663 g/mol. The van der Waals surface area contributed by atoms with E-state index in [2.05, 4.69) is 15.5 Å². The predicted octanol–water partition coefficient (Wildman–Crippen LogP) is 4.17. The summed E-state index contributed by atoms with van der Waals surface area (Å²) in [5.74, 6) is 0.258. The summed E-state index contributed by atoms with van der Waals surface area (Å²) < 4.78 is 44.6. The highest BCUT2D eigenvalue weighted by molar-refractivity contribution is 8.18. The molecule has 4 aromatic rings. The SMILES string of the molecule is COc1cc(/C=N\N=C2\S/C(=C\c3ccccc3OCC(=O)Nc3ccc(S(N)(=O)=O)cc3)C(=O)N2Cc2ccco2)cc(OC)c1O. The van der Waals surface area contributed by atoms with Gasteiger partial charge in [0.1, 0.15) is 11.5 Å². The van der Waals surface area contributed by atoms with Crippen molar-refractivity contribution in [3.8, 4) is 23.0 Å². The number of rotatable bonds is 12. The number of primary sulfonamides is 1. The third kappa shape index (κ3) is 8.22. The number of phenols is 1. The number of nitrogens with two attached hydrogens (primary N) is 1. The number of anilines is 1. The number of thioether (sulfide) groups is 1. The fourth-order valence-corrected chi connectivity index (χ4v) is 5.80. The van der Waals surface area contributed by atoms with Crippen molar-refractivity contribution < 1.29 is 41.7 Å². The minimum Gasteiger partial charge on any atom is -0.502 e. The molecule has 0 radical (unpaired) electrons. The Morgan fingerprint density at radius 1 is 1.04 bits per heavy atom. The molecule has 0 spiro atoms. The number of aromatic hydroxyl groups is 1. The summed E-state index contributed by atoms with van der Waals surface area (Å²) in [5, 5.41) is 26.7. The average molecular weight is 692 g/mol. The van der Waals surface area contributed by atoms with Gasteiger partial charge in [-0.05, 0) is 72.4 Å². The van der Waals surface area contributed by atoms with Crippen LogP contribution in [-0.4, -0.2) is 62.4 Å². The number of amidine groups is 1. The van der Waals surface area contributed by atoms with Gasteiger partial charge in [-0.1, -0.05) is 18.2 Å². The van der Waals surface area contributed by atoms with E-state index in [9.17, 15) is 23.1 Å². The van der Waals surface area contributed by atoms with Crippen LogP contribution in [0.15, 0.2) is 103 Å². The van der Waals surface area contributed by atoms with Crippen LogP contribution in [0.5, 0.6) is 23.0 Å². The van der Waals surface area contributed by atoms with E-state index in [4.69, 9.17) is 23.8 Å². The Labute approximate surface area is 279 Å². The number of methoxy groups -OCH3 is 2. The lowest BCUT2D eigenvalue weighted by molar-refractivity contribution is -0.122. The minimum absolute atomic E-state index is 0.0838. The van der Waals surface area contributed by atoms with Crippen LogP contribution >= 0.6 is 11.8 Å². The second-order valence-electron chi connectivity index (χ2n) is 9.93. The monoisotopic (exact) mass is 691 g/mol. The first-order valence-electron chi connectivity index (χ1n) is 14.0. The van der Waals surface area contributed by atoms with Crippen LogP contribution in [0, 0.1) is 0 Å². The number of nitrogens with one attached hydrogen (secondary N) is 1. The van der Waals surface area contributed by atoms with Crippen molar-refractivity contribution in [2.24, 2.45) is 15.3 Å². The largest absolute Gasteiger partial charge is 0.502 e. The van der Waals surface area contributed by atoms with Gasteiger partial charge in [-0.25, -0.2) is 13.6 Å². The van der Waals surface area contributed by atoms with E-state index in [1.54, 1.807) is 54.6 Å². The van der Waals surface area contributed by atoms with Crippen molar-refractivity contribution in [3.05, 3.63) is 101 Å². The third-order valence-electron chi connectivity index (χ3n) is 6.67. The third-order valence-corrected chi connectivity index (χ3v) is 8.59. The molecule has 5 rings (SSSR count). The number of nitrogens with zero attached hydrogens (tertiary/aromatic N) is 3. The number of ether oxygens (including phenoxy) is 3. The smallest absolute Gasteiger partial charge is 0.267 e. The standard InChI is InChI=1S/C32H29N5O9S2/c1-43-26-14-20(15-27(44-2)30(26)39)17-34-36-32-37(18-23-7-5-13-45-23)31(40)28(47-32)16-21-6-3-4-8-25(21)46-19-29(38)35-22-9-11-24(12-10-22)48(33,41)42/h3-17,39H,18-19H2,1-2H3,(H,35,38)(H2,33,41,42)/b28-16-,34-17-,36-32+. The van der Waals surface area contributed by atoms with E-state index in [-0.39, 0.29) is 46.4 Å². The van der Waals surface area contributed by atoms with Gasteiger partial charge in [0.2, 0.25) is 15.8 Å².